The van der Waals surface area contributed by atoms with Crippen LogP contribution in [0.4, 0.5) is 11.6 Å². The number of halogens is 1. The average molecular weight is 357 g/mol. The van der Waals surface area contributed by atoms with Crippen LogP contribution < -0.4 is 5.32 Å². The van der Waals surface area contributed by atoms with E-state index in [0.717, 1.165) is 17.0 Å². The van der Waals surface area contributed by atoms with Crippen molar-refractivity contribution in [3.05, 3.63) is 64.9 Å². The minimum Gasteiger partial charge on any atom is -0.324 e. The van der Waals surface area contributed by atoms with Gasteiger partial charge in [0.1, 0.15) is 0 Å². The molecule has 0 aliphatic heterocycles. The maximum Gasteiger partial charge on any atom is 0.232 e. The Labute approximate surface area is 150 Å². The first kappa shape index (κ1) is 16.7. The van der Waals surface area contributed by atoms with Gasteiger partial charge in [0, 0.05) is 10.6 Å². The largest absolute Gasteiger partial charge is 0.324 e. The summed E-state index contributed by atoms with van der Waals surface area (Å²) in [5.74, 6) is 0.439. The Morgan fingerprint density at radius 3 is 2.33 bits per heavy atom. The van der Waals surface area contributed by atoms with Crippen LogP contribution in [0.5, 0.6) is 0 Å². The lowest BCUT2D eigenvalue weighted by molar-refractivity contribution is 0.912. The van der Waals surface area contributed by atoms with Crippen molar-refractivity contribution in [1.82, 2.24) is 15.0 Å². The molecule has 1 heterocycles. The van der Waals surface area contributed by atoms with Gasteiger partial charge in [-0.25, -0.2) is 0 Å². The normalized spacial score (nSPS) is 10.6. The molecule has 4 nitrogen and oxygen atoms in total. The van der Waals surface area contributed by atoms with Crippen molar-refractivity contribution in [1.29, 1.82) is 0 Å². The van der Waals surface area contributed by atoms with Gasteiger partial charge in [0.2, 0.25) is 11.2 Å². The lowest BCUT2D eigenvalue weighted by Crippen LogP contribution is -2.00. The fraction of sp³-hybridized carbons (Fsp3) is 0.167. The zero-order chi connectivity index (χ0) is 16.9. The van der Waals surface area contributed by atoms with Gasteiger partial charge in [-0.1, -0.05) is 36.8 Å². The van der Waals surface area contributed by atoms with Crippen molar-refractivity contribution >= 4 is 35.0 Å². The summed E-state index contributed by atoms with van der Waals surface area (Å²) in [6.07, 6.45) is 1.01. The van der Waals surface area contributed by atoms with Gasteiger partial charge in [-0.2, -0.15) is 15.0 Å². The Balaban J connectivity index is 1.78. The van der Waals surface area contributed by atoms with Crippen molar-refractivity contribution in [3.8, 4) is 0 Å². The Hall–Kier alpha value is -2.11. The maximum absolute atomic E-state index is 6.04. The lowest BCUT2D eigenvalue weighted by atomic mass is 10.1. The monoisotopic (exact) mass is 356 g/mol. The fourth-order valence-corrected chi connectivity index (χ4v) is 3.06. The molecule has 0 fully saturated rings. The second kappa shape index (κ2) is 7.64. The van der Waals surface area contributed by atoms with Crippen LogP contribution in [0.1, 0.15) is 18.1 Å². The first-order chi connectivity index (χ1) is 11.6. The topological polar surface area (TPSA) is 50.7 Å². The molecule has 0 bridgehead atoms. The Morgan fingerprint density at radius 1 is 0.958 bits per heavy atom. The highest BCUT2D eigenvalue weighted by molar-refractivity contribution is 7.99. The van der Waals surface area contributed by atoms with E-state index < -0.39 is 0 Å². The molecule has 0 aliphatic carbocycles. The molecule has 0 atom stereocenters. The van der Waals surface area contributed by atoms with Crippen molar-refractivity contribution in [3.63, 3.8) is 0 Å². The van der Waals surface area contributed by atoms with Gasteiger partial charge in [-0.3, -0.25) is 0 Å². The predicted molar refractivity (Wildman–Crippen MR) is 99.2 cm³/mol. The molecule has 1 aromatic heterocycles. The van der Waals surface area contributed by atoms with Gasteiger partial charge in [0.15, 0.2) is 5.16 Å². The van der Waals surface area contributed by atoms with E-state index in [1.807, 2.05) is 24.3 Å². The number of anilines is 2. The molecule has 24 heavy (non-hydrogen) atoms. The average Bonchev–Trinajstić information content (AvgIpc) is 2.57. The summed E-state index contributed by atoms with van der Waals surface area (Å²) in [5, 5.41) is 3.91. The van der Waals surface area contributed by atoms with Crippen LogP contribution in [0.25, 0.3) is 0 Å². The van der Waals surface area contributed by atoms with Gasteiger partial charge in [0.25, 0.3) is 0 Å². The van der Waals surface area contributed by atoms with E-state index in [2.05, 4.69) is 58.4 Å². The van der Waals surface area contributed by atoms with Gasteiger partial charge in [0.05, 0.1) is 0 Å². The smallest absolute Gasteiger partial charge is 0.232 e. The molecule has 0 saturated heterocycles. The van der Waals surface area contributed by atoms with Gasteiger partial charge in [-0.05, 0) is 66.5 Å². The molecule has 0 saturated carbocycles. The van der Waals surface area contributed by atoms with Crippen molar-refractivity contribution < 1.29 is 0 Å². The Kier molecular flexibility index (Phi) is 5.33. The molecule has 0 unspecified atom stereocenters. The van der Waals surface area contributed by atoms with E-state index in [-0.39, 0.29) is 5.28 Å². The Morgan fingerprint density at radius 2 is 1.67 bits per heavy atom. The van der Waals surface area contributed by atoms with Gasteiger partial charge < -0.3 is 5.32 Å². The van der Waals surface area contributed by atoms with Crippen LogP contribution >= 0.6 is 23.4 Å². The molecule has 0 aliphatic rings. The van der Waals surface area contributed by atoms with Crippen molar-refractivity contribution in [2.75, 3.05) is 5.32 Å². The third kappa shape index (κ3) is 4.46. The number of hydrogen-bond donors (Lipinski definition) is 1. The highest BCUT2D eigenvalue weighted by Gasteiger charge is 2.07. The Bertz CT molecular complexity index is 819. The molecule has 6 heteroatoms. The molecular formula is C18H17ClN4S. The number of benzene rings is 2. The zero-order valence-corrected chi connectivity index (χ0v) is 15.0. The summed E-state index contributed by atoms with van der Waals surface area (Å²) < 4.78 is 0. The standard InChI is InChI=1S/C18H17ClN4S/c1-3-13-6-8-14(9-7-13)20-17-21-16(19)22-18(23-17)24-15-10-4-12(2)5-11-15/h4-11H,3H2,1-2H3,(H,20,21,22,23). The molecule has 1 N–H and O–H groups in total. The molecule has 122 valence electrons. The van der Waals surface area contributed by atoms with E-state index in [4.69, 9.17) is 11.6 Å². The highest BCUT2D eigenvalue weighted by Crippen LogP contribution is 2.26. The SMILES string of the molecule is CCc1ccc(Nc2nc(Cl)nc(Sc3ccc(C)cc3)n2)cc1. The summed E-state index contributed by atoms with van der Waals surface area (Å²) in [6.45, 7) is 4.18. The maximum atomic E-state index is 6.04. The van der Waals surface area contributed by atoms with Crippen LogP contribution in [0, 0.1) is 6.92 Å². The first-order valence-corrected chi connectivity index (χ1v) is 8.84. The molecule has 3 aromatic rings. The quantitative estimate of drug-likeness (QED) is 0.673. The van der Waals surface area contributed by atoms with Crippen molar-refractivity contribution in [2.45, 2.75) is 30.3 Å². The fourth-order valence-electron chi connectivity index (χ4n) is 2.10. The molecule has 0 radical (unpaired) electrons. The molecule has 2 aromatic carbocycles. The molecule has 0 spiro atoms. The minimum atomic E-state index is 0.173. The first-order valence-electron chi connectivity index (χ1n) is 7.64. The predicted octanol–water partition coefficient (Wildman–Crippen LogP) is 5.29. The van der Waals surface area contributed by atoms with E-state index in [0.29, 0.717) is 11.1 Å². The van der Waals surface area contributed by atoms with E-state index >= 15 is 0 Å². The summed E-state index contributed by atoms with van der Waals surface area (Å²) in [6, 6.07) is 16.3. The van der Waals surface area contributed by atoms with E-state index in [1.54, 1.807) is 0 Å². The van der Waals surface area contributed by atoms with Crippen LogP contribution in [-0.4, -0.2) is 15.0 Å². The highest BCUT2D eigenvalue weighted by atomic mass is 35.5. The summed E-state index contributed by atoms with van der Waals surface area (Å²) >= 11 is 7.49. The van der Waals surface area contributed by atoms with Crippen LogP contribution in [0.15, 0.2) is 58.6 Å². The lowest BCUT2D eigenvalue weighted by Gasteiger charge is -2.07. The number of hydrogen-bond acceptors (Lipinski definition) is 5. The number of nitrogens with one attached hydrogen (secondary N) is 1. The van der Waals surface area contributed by atoms with Gasteiger partial charge >= 0.3 is 0 Å². The van der Waals surface area contributed by atoms with E-state index in [9.17, 15) is 0 Å². The molecular weight excluding hydrogens is 340 g/mol. The minimum absolute atomic E-state index is 0.173. The molecule has 3 rings (SSSR count). The summed E-state index contributed by atoms with van der Waals surface area (Å²) in [4.78, 5) is 13.8. The van der Waals surface area contributed by atoms with Crippen LogP contribution in [-0.2, 0) is 6.42 Å². The summed E-state index contributed by atoms with van der Waals surface area (Å²) in [5.41, 5.74) is 3.41. The van der Waals surface area contributed by atoms with E-state index in [1.165, 1.54) is 22.9 Å². The number of aryl methyl sites for hydroxylation is 2. The summed E-state index contributed by atoms with van der Waals surface area (Å²) in [7, 11) is 0. The second-order valence-corrected chi connectivity index (χ2v) is 6.68. The zero-order valence-electron chi connectivity index (χ0n) is 13.5. The number of rotatable bonds is 5. The van der Waals surface area contributed by atoms with Crippen LogP contribution in [0.2, 0.25) is 5.28 Å². The third-order valence-corrected chi connectivity index (χ3v) is 4.48. The number of nitrogens with zero attached hydrogens (tertiary/aromatic N) is 3. The second-order valence-electron chi connectivity index (χ2n) is 5.30. The van der Waals surface area contributed by atoms with Gasteiger partial charge in [-0.15, -0.1) is 0 Å². The molecule has 0 amide bonds. The number of aromatic nitrogens is 3. The van der Waals surface area contributed by atoms with Crippen molar-refractivity contribution in [2.24, 2.45) is 0 Å². The van der Waals surface area contributed by atoms with Crippen LogP contribution in [0.3, 0.4) is 0 Å². The third-order valence-electron chi connectivity index (χ3n) is 3.44.